The van der Waals surface area contributed by atoms with Gasteiger partial charge in [0, 0.05) is 0 Å². The number of nitrogens with zero attached hydrogens (tertiary/aromatic N) is 3. The van der Waals surface area contributed by atoms with Gasteiger partial charge in [-0.05, 0) is 15.9 Å². The van der Waals surface area contributed by atoms with Crippen LogP contribution >= 0.6 is 15.9 Å². The first-order valence-electron chi connectivity index (χ1n) is 2.42. The van der Waals surface area contributed by atoms with Gasteiger partial charge in [-0.15, -0.1) is 0 Å². The average molecular weight is 199 g/mol. The van der Waals surface area contributed by atoms with Gasteiger partial charge in [-0.1, -0.05) is 0 Å². The van der Waals surface area contributed by atoms with Crippen molar-refractivity contribution in [2.24, 2.45) is 0 Å². The molecule has 2 N–H and O–H groups in total. The molecule has 0 aliphatic carbocycles. The van der Waals surface area contributed by atoms with Crippen molar-refractivity contribution >= 4 is 21.7 Å². The van der Waals surface area contributed by atoms with Crippen molar-refractivity contribution in [3.63, 3.8) is 0 Å². The summed E-state index contributed by atoms with van der Waals surface area (Å²) in [6.45, 7) is 0. The SMILES string of the molecule is N#Cc1cnc(N)c(Br)n1. The maximum Gasteiger partial charge on any atom is 0.160 e. The molecule has 0 unspecified atom stereocenters. The summed E-state index contributed by atoms with van der Waals surface area (Å²) in [4.78, 5) is 7.45. The van der Waals surface area contributed by atoms with E-state index in [1.807, 2.05) is 6.07 Å². The third-order valence-corrected chi connectivity index (χ3v) is 1.45. The maximum absolute atomic E-state index is 8.34. The van der Waals surface area contributed by atoms with E-state index in [9.17, 15) is 0 Å². The van der Waals surface area contributed by atoms with Crippen molar-refractivity contribution in [1.29, 1.82) is 5.26 Å². The van der Waals surface area contributed by atoms with Gasteiger partial charge in [0.1, 0.15) is 10.7 Å². The van der Waals surface area contributed by atoms with E-state index >= 15 is 0 Å². The van der Waals surface area contributed by atoms with Gasteiger partial charge in [-0.25, -0.2) is 9.97 Å². The van der Waals surface area contributed by atoms with Crippen molar-refractivity contribution < 1.29 is 0 Å². The number of rotatable bonds is 0. The van der Waals surface area contributed by atoms with Crippen LogP contribution in [0.5, 0.6) is 0 Å². The average Bonchev–Trinajstić information content (AvgIpc) is 1.95. The van der Waals surface area contributed by atoms with E-state index in [0.29, 0.717) is 10.4 Å². The fourth-order valence-electron chi connectivity index (χ4n) is 0.430. The van der Waals surface area contributed by atoms with Gasteiger partial charge in [0.25, 0.3) is 0 Å². The standard InChI is InChI=1S/C5H3BrN4/c6-4-5(8)9-2-3(1-7)10-4/h2H,(H2,8,9). The predicted molar refractivity (Wildman–Crippen MR) is 38.9 cm³/mol. The Morgan fingerprint density at radius 3 is 2.90 bits per heavy atom. The molecule has 0 amide bonds. The van der Waals surface area contributed by atoms with Gasteiger partial charge in [-0.3, -0.25) is 0 Å². The zero-order valence-corrected chi connectivity index (χ0v) is 6.46. The highest BCUT2D eigenvalue weighted by Gasteiger charge is 1.98. The molecule has 1 rings (SSSR count). The molecule has 10 heavy (non-hydrogen) atoms. The molecule has 0 fully saturated rings. The molecular weight excluding hydrogens is 196 g/mol. The molecule has 0 bridgehead atoms. The zero-order valence-electron chi connectivity index (χ0n) is 4.87. The molecule has 1 aromatic heterocycles. The van der Waals surface area contributed by atoms with Crippen molar-refractivity contribution in [3.8, 4) is 6.07 Å². The number of hydrogen-bond acceptors (Lipinski definition) is 4. The minimum Gasteiger partial charge on any atom is -0.381 e. The summed E-state index contributed by atoms with van der Waals surface area (Å²) in [6, 6.07) is 1.84. The Balaban J connectivity index is 3.20. The van der Waals surface area contributed by atoms with E-state index in [2.05, 4.69) is 25.9 Å². The topological polar surface area (TPSA) is 75.6 Å². The van der Waals surface area contributed by atoms with Crippen LogP contribution in [0.1, 0.15) is 5.69 Å². The lowest BCUT2D eigenvalue weighted by molar-refractivity contribution is 1.14. The highest BCUT2D eigenvalue weighted by Crippen LogP contribution is 2.11. The first-order chi connectivity index (χ1) is 4.74. The summed E-state index contributed by atoms with van der Waals surface area (Å²) in [7, 11) is 0. The minimum atomic E-state index is 0.251. The van der Waals surface area contributed by atoms with E-state index in [1.54, 1.807) is 0 Å². The van der Waals surface area contributed by atoms with Crippen LogP contribution in [0, 0.1) is 11.3 Å². The first kappa shape index (κ1) is 6.96. The van der Waals surface area contributed by atoms with Gasteiger partial charge in [0.2, 0.25) is 0 Å². The molecule has 0 aliphatic heterocycles. The summed E-state index contributed by atoms with van der Waals surface area (Å²) in [6.07, 6.45) is 1.32. The van der Waals surface area contributed by atoms with Gasteiger partial charge in [-0.2, -0.15) is 5.26 Å². The molecule has 0 spiro atoms. The van der Waals surface area contributed by atoms with Crippen LogP contribution in [0.2, 0.25) is 0 Å². The van der Waals surface area contributed by atoms with E-state index in [4.69, 9.17) is 11.0 Å². The molecule has 1 heterocycles. The molecular formula is C5H3BrN4. The first-order valence-corrected chi connectivity index (χ1v) is 3.21. The molecule has 50 valence electrons. The largest absolute Gasteiger partial charge is 0.381 e. The molecule has 0 aliphatic rings. The van der Waals surface area contributed by atoms with Crippen LogP contribution in [0.3, 0.4) is 0 Å². The Morgan fingerprint density at radius 2 is 2.40 bits per heavy atom. The summed E-state index contributed by atoms with van der Waals surface area (Å²) in [5, 5.41) is 8.34. The van der Waals surface area contributed by atoms with E-state index in [-0.39, 0.29) is 5.69 Å². The minimum absolute atomic E-state index is 0.251. The zero-order chi connectivity index (χ0) is 7.56. The molecule has 0 saturated heterocycles. The van der Waals surface area contributed by atoms with Crippen LogP contribution in [0.15, 0.2) is 10.8 Å². The van der Waals surface area contributed by atoms with Gasteiger partial charge in [0.05, 0.1) is 6.20 Å². The smallest absolute Gasteiger partial charge is 0.160 e. The maximum atomic E-state index is 8.34. The Labute approximate surface area is 65.8 Å². The Morgan fingerprint density at radius 1 is 1.70 bits per heavy atom. The summed E-state index contributed by atoms with van der Waals surface area (Å²) in [5.41, 5.74) is 5.56. The van der Waals surface area contributed by atoms with Crippen molar-refractivity contribution in [2.45, 2.75) is 0 Å². The van der Waals surface area contributed by atoms with Gasteiger partial charge >= 0.3 is 0 Å². The van der Waals surface area contributed by atoms with Gasteiger partial charge in [0.15, 0.2) is 11.5 Å². The van der Waals surface area contributed by atoms with Crippen LogP contribution in [-0.2, 0) is 0 Å². The Bertz CT molecular complexity index is 290. The normalized spacial score (nSPS) is 8.80. The molecule has 5 heteroatoms. The highest BCUT2D eigenvalue weighted by molar-refractivity contribution is 9.10. The quantitative estimate of drug-likeness (QED) is 0.666. The summed E-state index contributed by atoms with van der Waals surface area (Å²) >= 11 is 3.04. The number of nitrogens with two attached hydrogens (primary N) is 1. The molecule has 0 aromatic carbocycles. The summed E-state index contributed by atoms with van der Waals surface area (Å²) in [5.74, 6) is 0.291. The van der Waals surface area contributed by atoms with Crippen LogP contribution in [-0.4, -0.2) is 9.97 Å². The van der Waals surface area contributed by atoms with Crippen molar-refractivity contribution in [3.05, 3.63) is 16.5 Å². The van der Waals surface area contributed by atoms with E-state index in [0.717, 1.165) is 0 Å². The fraction of sp³-hybridized carbons (Fsp3) is 0. The summed E-state index contributed by atoms with van der Waals surface area (Å²) < 4.78 is 0.409. The lowest BCUT2D eigenvalue weighted by atomic mass is 10.5. The predicted octanol–water partition coefficient (Wildman–Crippen LogP) is 0.693. The Kier molecular flexibility index (Phi) is 1.83. The van der Waals surface area contributed by atoms with Crippen molar-refractivity contribution in [1.82, 2.24) is 9.97 Å². The van der Waals surface area contributed by atoms with E-state index < -0.39 is 0 Å². The van der Waals surface area contributed by atoms with E-state index in [1.165, 1.54) is 6.20 Å². The number of halogens is 1. The highest BCUT2D eigenvalue weighted by atomic mass is 79.9. The number of nitriles is 1. The lowest BCUT2D eigenvalue weighted by Gasteiger charge is -1.93. The second-order valence-electron chi connectivity index (χ2n) is 1.54. The second kappa shape index (κ2) is 2.62. The Hall–Kier alpha value is -1.15. The molecule has 0 radical (unpaired) electrons. The van der Waals surface area contributed by atoms with Crippen molar-refractivity contribution in [2.75, 3.05) is 5.73 Å². The number of nitrogen functional groups attached to an aromatic ring is 1. The molecule has 0 saturated carbocycles. The number of hydrogen-bond donors (Lipinski definition) is 1. The fourth-order valence-corrected chi connectivity index (χ4v) is 0.723. The molecule has 1 aromatic rings. The third kappa shape index (κ3) is 1.22. The monoisotopic (exact) mass is 198 g/mol. The molecule has 4 nitrogen and oxygen atoms in total. The third-order valence-electron chi connectivity index (χ3n) is 0.870. The number of anilines is 1. The molecule has 0 atom stereocenters. The van der Waals surface area contributed by atoms with Gasteiger partial charge < -0.3 is 5.73 Å². The second-order valence-corrected chi connectivity index (χ2v) is 2.29. The van der Waals surface area contributed by atoms with Crippen LogP contribution in [0.4, 0.5) is 5.82 Å². The van der Waals surface area contributed by atoms with Crippen LogP contribution in [0.25, 0.3) is 0 Å². The number of aromatic nitrogens is 2. The lowest BCUT2D eigenvalue weighted by Crippen LogP contribution is -1.95. The van der Waals surface area contributed by atoms with Crippen LogP contribution < -0.4 is 5.73 Å².